The summed E-state index contributed by atoms with van der Waals surface area (Å²) in [6.45, 7) is 4.68. The summed E-state index contributed by atoms with van der Waals surface area (Å²) in [7, 11) is 0. The van der Waals surface area contributed by atoms with Gasteiger partial charge in [-0.25, -0.2) is 0 Å². The predicted molar refractivity (Wildman–Crippen MR) is 65.5 cm³/mol. The van der Waals surface area contributed by atoms with Crippen LogP contribution in [-0.2, 0) is 0 Å². The largest absolute Gasteiger partial charge is 0.368 e. The number of carbonyl (C=O) groups excluding carboxylic acids is 1. The van der Waals surface area contributed by atoms with Crippen LogP contribution in [0.15, 0.2) is 18.3 Å². The first kappa shape index (κ1) is 13.0. The van der Waals surface area contributed by atoms with Gasteiger partial charge in [-0.05, 0) is 26.0 Å². The average molecular weight is 232 g/mol. The Bertz CT molecular complexity index is 436. The van der Waals surface area contributed by atoms with Crippen LogP contribution in [0.3, 0.4) is 0 Å². The second-order valence-corrected chi connectivity index (χ2v) is 3.96. The summed E-state index contributed by atoms with van der Waals surface area (Å²) in [4.78, 5) is 17.0. The molecule has 0 aliphatic heterocycles. The minimum Gasteiger partial charge on any atom is -0.368 e. The van der Waals surface area contributed by atoms with Crippen LogP contribution >= 0.6 is 0 Å². The fourth-order valence-electron chi connectivity index (χ4n) is 1.59. The van der Waals surface area contributed by atoms with E-state index in [0.717, 1.165) is 5.69 Å². The molecule has 0 unspecified atom stereocenters. The average Bonchev–Trinajstić information content (AvgIpc) is 2.29. The first-order valence-electron chi connectivity index (χ1n) is 5.45. The maximum absolute atomic E-state index is 11.0. The lowest BCUT2D eigenvalue weighted by Gasteiger charge is -2.28. The topological polar surface area (TPSA) is 83.0 Å². The summed E-state index contributed by atoms with van der Waals surface area (Å²) in [6, 6.07) is 5.82. The molecule has 0 radical (unpaired) electrons. The van der Waals surface area contributed by atoms with Gasteiger partial charge in [-0.1, -0.05) is 0 Å². The molecule has 1 aromatic rings. The van der Waals surface area contributed by atoms with E-state index in [-0.39, 0.29) is 11.7 Å². The van der Waals surface area contributed by atoms with Crippen molar-refractivity contribution in [3.05, 3.63) is 24.0 Å². The SMILES string of the molecule is CC(C)N(CCC#N)c1ccnc(C(N)=O)c1. The Kier molecular flexibility index (Phi) is 4.46. The van der Waals surface area contributed by atoms with Crippen molar-refractivity contribution in [1.29, 1.82) is 5.26 Å². The van der Waals surface area contributed by atoms with Gasteiger partial charge in [0, 0.05) is 24.5 Å². The number of anilines is 1. The van der Waals surface area contributed by atoms with Gasteiger partial charge in [0.1, 0.15) is 5.69 Å². The lowest BCUT2D eigenvalue weighted by molar-refractivity contribution is 0.0995. The lowest BCUT2D eigenvalue weighted by Crippen LogP contribution is -2.32. The van der Waals surface area contributed by atoms with Crippen LogP contribution in [0.25, 0.3) is 0 Å². The van der Waals surface area contributed by atoms with Gasteiger partial charge in [-0.3, -0.25) is 9.78 Å². The molecule has 90 valence electrons. The summed E-state index contributed by atoms with van der Waals surface area (Å²) < 4.78 is 0. The molecule has 1 aromatic heterocycles. The number of pyridine rings is 1. The van der Waals surface area contributed by atoms with Crippen LogP contribution in [0.5, 0.6) is 0 Å². The van der Waals surface area contributed by atoms with Crippen LogP contribution in [-0.4, -0.2) is 23.5 Å². The zero-order valence-corrected chi connectivity index (χ0v) is 10.1. The first-order chi connectivity index (χ1) is 8.06. The van der Waals surface area contributed by atoms with Gasteiger partial charge >= 0.3 is 0 Å². The molecular formula is C12H16N4O. The minimum atomic E-state index is -0.546. The number of aromatic nitrogens is 1. The maximum atomic E-state index is 11.0. The monoisotopic (exact) mass is 232 g/mol. The van der Waals surface area contributed by atoms with E-state index in [2.05, 4.69) is 11.1 Å². The van der Waals surface area contributed by atoms with Crippen molar-refractivity contribution in [2.45, 2.75) is 26.3 Å². The van der Waals surface area contributed by atoms with E-state index >= 15 is 0 Å². The van der Waals surface area contributed by atoms with E-state index in [9.17, 15) is 4.79 Å². The third-order valence-corrected chi connectivity index (χ3v) is 2.42. The Morgan fingerprint density at radius 2 is 2.35 bits per heavy atom. The lowest BCUT2D eigenvalue weighted by atomic mass is 10.2. The normalized spacial score (nSPS) is 10.0. The van der Waals surface area contributed by atoms with Gasteiger partial charge in [0.15, 0.2) is 0 Å². The molecule has 0 bridgehead atoms. The molecule has 0 aromatic carbocycles. The smallest absolute Gasteiger partial charge is 0.267 e. The van der Waals surface area contributed by atoms with Crippen molar-refractivity contribution < 1.29 is 4.79 Å². The molecule has 0 spiro atoms. The molecule has 0 saturated heterocycles. The van der Waals surface area contributed by atoms with Crippen molar-refractivity contribution >= 4 is 11.6 Å². The molecule has 17 heavy (non-hydrogen) atoms. The number of hydrogen-bond donors (Lipinski definition) is 1. The van der Waals surface area contributed by atoms with Gasteiger partial charge in [0.25, 0.3) is 5.91 Å². The molecule has 2 N–H and O–H groups in total. The Hall–Kier alpha value is -2.09. The minimum absolute atomic E-state index is 0.241. The van der Waals surface area contributed by atoms with E-state index in [1.54, 1.807) is 12.3 Å². The number of primary amides is 1. The van der Waals surface area contributed by atoms with Gasteiger partial charge in [-0.15, -0.1) is 0 Å². The van der Waals surface area contributed by atoms with E-state index in [1.807, 2.05) is 24.8 Å². The van der Waals surface area contributed by atoms with Crippen LogP contribution in [0.1, 0.15) is 30.8 Å². The zero-order chi connectivity index (χ0) is 12.8. The fraction of sp³-hybridized carbons (Fsp3) is 0.417. The van der Waals surface area contributed by atoms with Crippen molar-refractivity contribution in [3.63, 3.8) is 0 Å². The molecule has 0 atom stereocenters. The van der Waals surface area contributed by atoms with Crippen molar-refractivity contribution in [3.8, 4) is 6.07 Å². The third kappa shape index (κ3) is 3.45. The Morgan fingerprint density at radius 1 is 1.65 bits per heavy atom. The molecule has 1 amide bonds. The number of carbonyl (C=O) groups is 1. The van der Waals surface area contributed by atoms with E-state index in [0.29, 0.717) is 13.0 Å². The second kappa shape index (κ2) is 5.85. The van der Waals surface area contributed by atoms with E-state index in [1.165, 1.54) is 0 Å². The van der Waals surface area contributed by atoms with Gasteiger partial charge in [-0.2, -0.15) is 5.26 Å². The Balaban J connectivity index is 2.98. The molecule has 0 saturated carbocycles. The van der Waals surface area contributed by atoms with Crippen molar-refractivity contribution in [2.24, 2.45) is 5.73 Å². The molecule has 0 aliphatic carbocycles. The number of rotatable bonds is 5. The molecule has 0 aliphatic rings. The number of nitriles is 1. The molecule has 0 fully saturated rings. The molecule has 1 rings (SSSR count). The highest BCUT2D eigenvalue weighted by atomic mass is 16.1. The maximum Gasteiger partial charge on any atom is 0.267 e. The van der Waals surface area contributed by atoms with Crippen molar-refractivity contribution in [1.82, 2.24) is 4.98 Å². The summed E-state index contributed by atoms with van der Waals surface area (Å²) in [5, 5.41) is 8.62. The number of nitrogens with zero attached hydrogens (tertiary/aromatic N) is 3. The molecule has 1 heterocycles. The van der Waals surface area contributed by atoms with Crippen molar-refractivity contribution in [2.75, 3.05) is 11.4 Å². The number of nitrogens with two attached hydrogens (primary N) is 1. The highest BCUT2D eigenvalue weighted by Gasteiger charge is 2.12. The van der Waals surface area contributed by atoms with E-state index in [4.69, 9.17) is 11.0 Å². The number of amides is 1. The van der Waals surface area contributed by atoms with Crippen LogP contribution < -0.4 is 10.6 Å². The van der Waals surface area contributed by atoms with Gasteiger partial charge in [0.2, 0.25) is 0 Å². The molecular weight excluding hydrogens is 216 g/mol. The quantitative estimate of drug-likeness (QED) is 0.829. The summed E-state index contributed by atoms with van der Waals surface area (Å²) in [5.41, 5.74) is 6.29. The van der Waals surface area contributed by atoms with Crippen LogP contribution in [0, 0.1) is 11.3 Å². The number of hydrogen-bond acceptors (Lipinski definition) is 4. The van der Waals surface area contributed by atoms with Crippen LogP contribution in [0.4, 0.5) is 5.69 Å². The highest BCUT2D eigenvalue weighted by Crippen LogP contribution is 2.17. The summed E-state index contributed by atoms with van der Waals surface area (Å²) >= 11 is 0. The van der Waals surface area contributed by atoms with E-state index < -0.39 is 5.91 Å². The van der Waals surface area contributed by atoms with Crippen LogP contribution in [0.2, 0.25) is 0 Å². The molecule has 5 heteroatoms. The third-order valence-electron chi connectivity index (χ3n) is 2.42. The molecule has 5 nitrogen and oxygen atoms in total. The zero-order valence-electron chi connectivity index (χ0n) is 10.1. The standard InChI is InChI=1S/C12H16N4O/c1-9(2)16(7-3-5-13)10-4-6-15-11(8-10)12(14)17/h4,6,8-9H,3,7H2,1-2H3,(H2,14,17). The van der Waals surface area contributed by atoms with Gasteiger partial charge < -0.3 is 10.6 Å². The summed E-state index contributed by atoms with van der Waals surface area (Å²) in [6.07, 6.45) is 1.99. The fourth-order valence-corrected chi connectivity index (χ4v) is 1.59. The predicted octanol–water partition coefficient (Wildman–Crippen LogP) is 1.31. The summed E-state index contributed by atoms with van der Waals surface area (Å²) in [5.74, 6) is -0.546. The highest BCUT2D eigenvalue weighted by molar-refractivity contribution is 5.91. The van der Waals surface area contributed by atoms with Gasteiger partial charge in [0.05, 0.1) is 12.5 Å². The first-order valence-corrected chi connectivity index (χ1v) is 5.45. The Labute approximate surface area is 101 Å². The Morgan fingerprint density at radius 3 is 2.88 bits per heavy atom. The second-order valence-electron chi connectivity index (χ2n) is 3.96.